The van der Waals surface area contributed by atoms with Crippen molar-refractivity contribution in [3.05, 3.63) is 89.2 Å². The molecule has 4 aromatic rings. The minimum Gasteiger partial charge on any atom is -0.453 e. The van der Waals surface area contributed by atoms with Gasteiger partial charge in [0.1, 0.15) is 23.7 Å². The first-order chi connectivity index (χ1) is 24.2. The number of benzene rings is 3. The molecule has 1 aromatic heterocycles. The first-order valence-corrected chi connectivity index (χ1v) is 17.5. The molecule has 2 aliphatic heterocycles. The molecule has 2 saturated heterocycles. The molecule has 0 aliphatic carbocycles. The Hall–Kier alpha value is -4.71. The van der Waals surface area contributed by atoms with E-state index in [-0.39, 0.29) is 36.2 Å². The zero-order chi connectivity index (χ0) is 35.4. The van der Waals surface area contributed by atoms with Crippen LogP contribution in [0, 0.1) is 17.6 Å². The lowest BCUT2D eigenvalue weighted by molar-refractivity contribution is -0.135. The number of nitrogens with zero attached hydrogens (tertiary/aromatic N) is 4. The number of imidazole rings is 1. The summed E-state index contributed by atoms with van der Waals surface area (Å²) in [6, 6.07) is 17.8. The van der Waals surface area contributed by atoms with E-state index in [2.05, 4.69) is 15.2 Å². The highest BCUT2D eigenvalue weighted by Crippen LogP contribution is 2.40. The molecule has 50 heavy (non-hydrogen) atoms. The number of fused-ring (bicyclic) bond motifs is 1. The number of hydrogen-bond donors (Lipinski definition) is 2. The Morgan fingerprint density at radius 3 is 2.54 bits per heavy atom. The Morgan fingerprint density at radius 2 is 1.84 bits per heavy atom. The van der Waals surface area contributed by atoms with Gasteiger partial charge in [0.15, 0.2) is 11.6 Å². The summed E-state index contributed by atoms with van der Waals surface area (Å²) in [6.07, 6.45) is 1.53. The Bertz CT molecular complexity index is 1780. The number of amides is 2. The molecule has 6 rings (SSSR count). The van der Waals surface area contributed by atoms with Gasteiger partial charge < -0.3 is 34.5 Å². The zero-order valence-corrected chi connectivity index (χ0v) is 29.1. The van der Waals surface area contributed by atoms with E-state index in [1.54, 1.807) is 9.80 Å². The molecule has 0 spiro atoms. The number of hydrogen-bond acceptors (Lipinski definition) is 7. The third kappa shape index (κ3) is 7.55. The molecule has 2 unspecified atom stereocenters. The Labute approximate surface area is 291 Å². The summed E-state index contributed by atoms with van der Waals surface area (Å²) < 4.78 is 42.3. The number of ether oxygens (including phenoxy) is 2. The zero-order valence-electron chi connectivity index (χ0n) is 29.1. The van der Waals surface area contributed by atoms with E-state index in [0.717, 1.165) is 41.4 Å². The molecular weight excluding hydrogens is 642 g/mol. The summed E-state index contributed by atoms with van der Waals surface area (Å²) in [4.78, 5) is 39.2. The first kappa shape index (κ1) is 35.1. The number of halogens is 2. The molecule has 3 aromatic carbocycles. The van der Waals surface area contributed by atoms with Crippen LogP contribution >= 0.6 is 0 Å². The highest BCUT2D eigenvalue weighted by molar-refractivity contribution is 5.86. The quantitative estimate of drug-likeness (QED) is 0.177. The minimum absolute atomic E-state index is 0.0180. The predicted octanol–water partition coefficient (Wildman–Crippen LogP) is 6.88. The first-order valence-electron chi connectivity index (χ1n) is 17.5. The fraction of sp³-hybridized carbons (Fsp3) is 0.447. The van der Waals surface area contributed by atoms with Crippen LogP contribution in [0.4, 0.5) is 25.0 Å². The van der Waals surface area contributed by atoms with Crippen molar-refractivity contribution in [2.24, 2.45) is 5.92 Å². The number of rotatable bonds is 11. The number of anilines is 2. The molecule has 2 amide bonds. The van der Waals surface area contributed by atoms with E-state index in [4.69, 9.17) is 14.5 Å². The van der Waals surface area contributed by atoms with Gasteiger partial charge >= 0.3 is 6.09 Å². The smallest absolute Gasteiger partial charge is 0.407 e. The van der Waals surface area contributed by atoms with Crippen molar-refractivity contribution in [3.8, 4) is 0 Å². The summed E-state index contributed by atoms with van der Waals surface area (Å²) in [6.45, 7) is 8.30. The van der Waals surface area contributed by atoms with Crippen LogP contribution in [0.3, 0.4) is 0 Å². The van der Waals surface area contributed by atoms with E-state index >= 15 is 8.78 Å². The highest BCUT2D eigenvalue weighted by atomic mass is 19.1. The van der Waals surface area contributed by atoms with Crippen LogP contribution in [-0.4, -0.2) is 72.8 Å². The van der Waals surface area contributed by atoms with E-state index in [9.17, 15) is 9.59 Å². The molecule has 3 heterocycles. The molecule has 2 fully saturated rings. The monoisotopic (exact) mass is 688 g/mol. The largest absolute Gasteiger partial charge is 0.453 e. The Kier molecular flexibility index (Phi) is 10.9. The maximum absolute atomic E-state index is 15.8. The fourth-order valence-corrected chi connectivity index (χ4v) is 7.14. The van der Waals surface area contributed by atoms with Gasteiger partial charge in [0, 0.05) is 31.9 Å². The van der Waals surface area contributed by atoms with Gasteiger partial charge in [-0.2, -0.15) is 0 Å². The molecule has 266 valence electrons. The van der Waals surface area contributed by atoms with E-state index < -0.39 is 23.8 Å². The number of aromatic nitrogens is 2. The van der Waals surface area contributed by atoms with E-state index in [1.807, 2.05) is 69.3 Å². The summed E-state index contributed by atoms with van der Waals surface area (Å²) in [5, 5.41) is 2.67. The van der Waals surface area contributed by atoms with Crippen molar-refractivity contribution in [2.75, 3.05) is 49.7 Å². The molecule has 0 radical (unpaired) electrons. The van der Waals surface area contributed by atoms with Crippen molar-refractivity contribution < 1.29 is 27.8 Å². The third-order valence-corrected chi connectivity index (χ3v) is 9.62. The summed E-state index contributed by atoms with van der Waals surface area (Å²) >= 11 is 0. The number of carbonyl (C=O) groups excluding carboxylic acids is 2. The van der Waals surface area contributed by atoms with Gasteiger partial charge in [-0.1, -0.05) is 57.2 Å². The maximum Gasteiger partial charge on any atom is 0.407 e. The SMILES string of the molecule is CCCN(Cc1nc2cc([C@H]3CCCN3c3cc(F)c(N4CCOC(c5ccccc5)C4)c(F)c3)ccc2[nH]1)C(=O)C(NC(=O)OC)C(C)C. The van der Waals surface area contributed by atoms with Crippen LogP contribution in [0.25, 0.3) is 11.0 Å². The van der Waals surface area contributed by atoms with Crippen LogP contribution in [0.1, 0.15) is 69.1 Å². The number of nitrogens with one attached hydrogen (secondary N) is 2. The Balaban J connectivity index is 1.19. The molecule has 2 aliphatic rings. The van der Waals surface area contributed by atoms with Crippen molar-refractivity contribution in [2.45, 2.75) is 64.8 Å². The minimum atomic E-state index is -0.734. The molecular formula is C38H46F2N6O4. The molecule has 0 saturated carbocycles. The number of methoxy groups -OCH3 is 1. The van der Waals surface area contributed by atoms with Crippen LogP contribution < -0.4 is 15.1 Å². The van der Waals surface area contributed by atoms with Gasteiger partial charge in [0.25, 0.3) is 0 Å². The molecule has 12 heteroatoms. The lowest BCUT2D eigenvalue weighted by atomic mass is 10.0. The molecule has 3 atom stereocenters. The number of morpholine rings is 1. The number of aromatic amines is 1. The maximum atomic E-state index is 15.8. The van der Waals surface area contributed by atoms with Gasteiger partial charge in [0.2, 0.25) is 5.91 Å². The standard InChI is InChI=1S/C38H46F2N6O4/c1-5-15-45(37(47)35(24(2)3)43-38(48)49-4)23-34-41-30-14-13-26(19-31(30)42-34)32-12-9-16-46(32)27-20-28(39)36(29(40)21-27)44-17-18-50-33(22-44)25-10-7-6-8-11-25/h6-8,10-11,13-14,19-21,24,32-33,35H,5,9,12,15-18,22-23H2,1-4H3,(H,41,42)(H,43,48)/t32-,33?,35?/m1/s1. The lowest BCUT2D eigenvalue weighted by Gasteiger charge is -2.35. The third-order valence-electron chi connectivity index (χ3n) is 9.62. The van der Waals surface area contributed by atoms with Gasteiger partial charge in [-0.25, -0.2) is 18.6 Å². The average Bonchev–Trinajstić information content (AvgIpc) is 3.77. The molecule has 2 N–H and O–H groups in total. The van der Waals surface area contributed by atoms with Crippen LogP contribution in [0.5, 0.6) is 0 Å². The second-order valence-electron chi connectivity index (χ2n) is 13.4. The molecule has 0 bridgehead atoms. The van der Waals surface area contributed by atoms with Crippen LogP contribution in [0.15, 0.2) is 60.7 Å². The van der Waals surface area contributed by atoms with Gasteiger partial charge in [0.05, 0.1) is 37.3 Å². The van der Waals surface area contributed by atoms with Crippen LogP contribution in [0.2, 0.25) is 0 Å². The lowest BCUT2D eigenvalue weighted by Crippen LogP contribution is -2.51. The van der Waals surface area contributed by atoms with Crippen molar-refractivity contribution in [1.82, 2.24) is 20.2 Å². The van der Waals surface area contributed by atoms with Crippen molar-refractivity contribution in [1.29, 1.82) is 0 Å². The predicted molar refractivity (Wildman–Crippen MR) is 189 cm³/mol. The van der Waals surface area contributed by atoms with Gasteiger partial charge in [-0.3, -0.25) is 4.79 Å². The number of H-pyrrole nitrogens is 1. The average molecular weight is 689 g/mol. The second kappa shape index (κ2) is 15.5. The second-order valence-corrected chi connectivity index (χ2v) is 13.4. The summed E-state index contributed by atoms with van der Waals surface area (Å²) in [5.74, 6) is -0.887. The van der Waals surface area contributed by atoms with Gasteiger partial charge in [-0.15, -0.1) is 0 Å². The van der Waals surface area contributed by atoms with Crippen LogP contribution in [-0.2, 0) is 20.8 Å². The Morgan fingerprint density at radius 1 is 1.08 bits per heavy atom. The highest BCUT2D eigenvalue weighted by Gasteiger charge is 2.32. The van der Waals surface area contributed by atoms with E-state index in [1.165, 1.54) is 19.2 Å². The fourth-order valence-electron chi connectivity index (χ4n) is 7.14. The normalized spacial score (nSPS) is 18.5. The number of alkyl carbamates (subject to hydrolysis) is 1. The summed E-state index contributed by atoms with van der Waals surface area (Å²) in [5.41, 5.74) is 4.04. The van der Waals surface area contributed by atoms with Crippen molar-refractivity contribution >= 4 is 34.4 Å². The van der Waals surface area contributed by atoms with Crippen molar-refractivity contribution in [3.63, 3.8) is 0 Å². The van der Waals surface area contributed by atoms with Gasteiger partial charge in [-0.05, 0) is 60.6 Å². The van der Waals surface area contributed by atoms with E-state index in [0.29, 0.717) is 44.3 Å². The topological polar surface area (TPSA) is 103 Å². The molecule has 10 nitrogen and oxygen atoms in total. The summed E-state index contributed by atoms with van der Waals surface area (Å²) in [7, 11) is 1.27. The number of carbonyl (C=O) groups is 2.